The number of ether oxygens (including phenoxy) is 2. The van der Waals surface area contributed by atoms with Crippen molar-refractivity contribution in [1.29, 1.82) is 0 Å². The van der Waals surface area contributed by atoms with E-state index in [1.807, 2.05) is 0 Å². The summed E-state index contributed by atoms with van der Waals surface area (Å²) in [6.45, 7) is 1.80. The van der Waals surface area contributed by atoms with E-state index < -0.39 is 6.16 Å². The molecule has 0 spiro atoms. The summed E-state index contributed by atoms with van der Waals surface area (Å²) in [6.07, 6.45) is -0.907. The lowest BCUT2D eigenvalue weighted by Crippen LogP contribution is -2.22. The summed E-state index contributed by atoms with van der Waals surface area (Å²) in [4.78, 5) is 36.6. The highest BCUT2D eigenvalue weighted by atomic mass is 16.7. The molecule has 3 rings (SSSR count). The first-order valence-corrected chi connectivity index (χ1v) is 6.79. The monoisotopic (exact) mass is 296 g/mol. The maximum absolute atomic E-state index is 12.6. The molecule has 5 nitrogen and oxygen atoms in total. The van der Waals surface area contributed by atoms with Crippen LogP contribution in [-0.4, -0.2) is 24.3 Å². The molecule has 0 saturated carbocycles. The number of hydrogen-bond donors (Lipinski definition) is 0. The Hall–Kier alpha value is -2.95. The smallest absolute Gasteiger partial charge is 0.434 e. The van der Waals surface area contributed by atoms with Crippen LogP contribution in [0.15, 0.2) is 42.5 Å². The molecule has 2 aromatic rings. The minimum Gasteiger partial charge on any atom is -0.434 e. The van der Waals surface area contributed by atoms with Crippen LogP contribution < -0.4 is 4.74 Å². The first kappa shape index (κ1) is 14.0. The Morgan fingerprint density at radius 1 is 0.909 bits per heavy atom. The van der Waals surface area contributed by atoms with Crippen molar-refractivity contribution in [3.05, 3.63) is 64.7 Å². The lowest BCUT2D eigenvalue weighted by molar-refractivity contribution is 0.0957. The van der Waals surface area contributed by atoms with Gasteiger partial charge in [-0.05, 0) is 13.0 Å². The molecule has 0 amide bonds. The quantitative estimate of drug-likeness (QED) is 0.537. The van der Waals surface area contributed by atoms with E-state index >= 15 is 0 Å². The van der Waals surface area contributed by atoms with Gasteiger partial charge in [0.15, 0.2) is 11.6 Å². The normalized spacial score (nSPS) is 12.4. The van der Waals surface area contributed by atoms with Gasteiger partial charge in [0.1, 0.15) is 5.75 Å². The van der Waals surface area contributed by atoms with Crippen LogP contribution in [0, 0.1) is 0 Å². The lowest BCUT2D eigenvalue weighted by atomic mass is 9.84. The molecule has 110 valence electrons. The van der Waals surface area contributed by atoms with Crippen molar-refractivity contribution in [2.45, 2.75) is 6.92 Å². The van der Waals surface area contributed by atoms with E-state index in [4.69, 9.17) is 9.47 Å². The van der Waals surface area contributed by atoms with Crippen molar-refractivity contribution in [3.8, 4) is 5.75 Å². The van der Waals surface area contributed by atoms with Gasteiger partial charge in [-0.25, -0.2) is 4.79 Å². The fraction of sp³-hybridized carbons (Fsp3) is 0.118. The van der Waals surface area contributed by atoms with Crippen molar-refractivity contribution in [2.75, 3.05) is 6.61 Å². The minimum absolute atomic E-state index is 0.0313. The second-order valence-corrected chi connectivity index (χ2v) is 4.67. The van der Waals surface area contributed by atoms with Crippen LogP contribution in [-0.2, 0) is 4.74 Å². The van der Waals surface area contributed by atoms with Gasteiger partial charge in [0, 0.05) is 16.7 Å². The molecule has 0 bridgehead atoms. The fourth-order valence-electron chi connectivity index (χ4n) is 2.44. The van der Waals surface area contributed by atoms with Gasteiger partial charge in [0.25, 0.3) is 0 Å². The lowest BCUT2D eigenvalue weighted by Gasteiger charge is -2.19. The number of ketones is 2. The van der Waals surface area contributed by atoms with Crippen LogP contribution in [0.3, 0.4) is 0 Å². The van der Waals surface area contributed by atoms with Crippen LogP contribution in [0.25, 0.3) is 0 Å². The average molecular weight is 296 g/mol. The van der Waals surface area contributed by atoms with Crippen molar-refractivity contribution < 1.29 is 23.9 Å². The second kappa shape index (κ2) is 5.44. The van der Waals surface area contributed by atoms with Gasteiger partial charge in [-0.3, -0.25) is 9.59 Å². The summed E-state index contributed by atoms with van der Waals surface area (Å²) in [5, 5.41) is 0. The van der Waals surface area contributed by atoms with Crippen LogP contribution >= 0.6 is 0 Å². The molecule has 0 N–H and O–H groups in total. The number of benzene rings is 2. The maximum atomic E-state index is 12.6. The Morgan fingerprint density at radius 2 is 1.55 bits per heavy atom. The Morgan fingerprint density at radius 3 is 2.23 bits per heavy atom. The molecule has 0 aromatic heterocycles. The Balaban J connectivity index is 2.11. The van der Waals surface area contributed by atoms with Gasteiger partial charge >= 0.3 is 6.16 Å². The average Bonchev–Trinajstić information content (AvgIpc) is 2.53. The summed E-state index contributed by atoms with van der Waals surface area (Å²) in [6, 6.07) is 11.2. The van der Waals surface area contributed by atoms with Crippen molar-refractivity contribution in [2.24, 2.45) is 0 Å². The fourth-order valence-corrected chi connectivity index (χ4v) is 2.44. The molecule has 0 unspecified atom stereocenters. The minimum atomic E-state index is -0.907. The van der Waals surface area contributed by atoms with Gasteiger partial charge in [-0.2, -0.15) is 0 Å². The highest BCUT2D eigenvalue weighted by Crippen LogP contribution is 2.33. The zero-order chi connectivity index (χ0) is 15.7. The summed E-state index contributed by atoms with van der Waals surface area (Å²) in [5.74, 6) is -0.576. The number of rotatable bonds is 2. The van der Waals surface area contributed by atoms with E-state index in [1.165, 1.54) is 6.07 Å². The summed E-state index contributed by atoms with van der Waals surface area (Å²) >= 11 is 0. The number of carbonyl (C=O) groups is 3. The molecule has 1 aliphatic rings. The maximum Gasteiger partial charge on any atom is 0.513 e. The number of hydrogen-bond acceptors (Lipinski definition) is 5. The predicted molar refractivity (Wildman–Crippen MR) is 77.4 cm³/mol. The van der Waals surface area contributed by atoms with E-state index in [1.54, 1.807) is 43.3 Å². The van der Waals surface area contributed by atoms with Gasteiger partial charge < -0.3 is 9.47 Å². The van der Waals surface area contributed by atoms with Crippen molar-refractivity contribution in [1.82, 2.24) is 0 Å². The Bertz CT molecular complexity index is 791. The first-order chi connectivity index (χ1) is 10.6. The zero-order valence-corrected chi connectivity index (χ0v) is 11.8. The van der Waals surface area contributed by atoms with Crippen molar-refractivity contribution in [3.63, 3.8) is 0 Å². The van der Waals surface area contributed by atoms with Gasteiger partial charge in [-0.15, -0.1) is 0 Å². The van der Waals surface area contributed by atoms with Crippen molar-refractivity contribution >= 4 is 17.7 Å². The van der Waals surface area contributed by atoms with Crippen LogP contribution in [0.2, 0.25) is 0 Å². The molecule has 0 fully saturated rings. The molecule has 0 heterocycles. The Kier molecular flexibility index (Phi) is 3.47. The molecule has 22 heavy (non-hydrogen) atoms. The molecular weight excluding hydrogens is 284 g/mol. The highest BCUT2D eigenvalue weighted by molar-refractivity contribution is 6.29. The molecule has 2 aromatic carbocycles. The van der Waals surface area contributed by atoms with Gasteiger partial charge in [0.05, 0.1) is 12.2 Å². The number of fused-ring (bicyclic) bond motifs is 2. The van der Waals surface area contributed by atoms with E-state index in [2.05, 4.69) is 0 Å². The SMILES string of the molecule is CCOC(=O)Oc1cccc2c1C(=O)c1ccccc1C2=O. The van der Waals surface area contributed by atoms with E-state index in [-0.39, 0.29) is 35.0 Å². The molecule has 0 atom stereocenters. The number of carbonyl (C=O) groups excluding carboxylic acids is 3. The first-order valence-electron chi connectivity index (χ1n) is 6.79. The van der Waals surface area contributed by atoms with Gasteiger partial charge in [0.2, 0.25) is 0 Å². The predicted octanol–water partition coefficient (Wildman–Crippen LogP) is 3.00. The third kappa shape index (κ3) is 2.16. The van der Waals surface area contributed by atoms with E-state index in [9.17, 15) is 14.4 Å². The van der Waals surface area contributed by atoms with Crippen LogP contribution in [0.5, 0.6) is 5.75 Å². The third-order valence-corrected chi connectivity index (χ3v) is 3.37. The van der Waals surface area contributed by atoms with Crippen LogP contribution in [0.1, 0.15) is 38.8 Å². The molecule has 0 radical (unpaired) electrons. The summed E-state index contributed by atoms with van der Waals surface area (Å²) in [5.41, 5.74) is 0.984. The second-order valence-electron chi connectivity index (χ2n) is 4.67. The molecular formula is C17H12O5. The van der Waals surface area contributed by atoms with E-state index in [0.29, 0.717) is 11.1 Å². The van der Waals surface area contributed by atoms with Gasteiger partial charge in [-0.1, -0.05) is 36.4 Å². The standard InChI is InChI=1S/C17H12O5/c1-2-21-17(20)22-13-9-5-8-12-14(13)16(19)11-7-4-3-6-10(11)15(12)18/h3-9H,2H2,1H3. The molecule has 1 aliphatic carbocycles. The van der Waals surface area contributed by atoms with E-state index in [0.717, 1.165) is 0 Å². The van der Waals surface area contributed by atoms with Crippen LogP contribution in [0.4, 0.5) is 4.79 Å². The molecule has 5 heteroatoms. The highest BCUT2D eigenvalue weighted by Gasteiger charge is 2.32. The summed E-state index contributed by atoms with van der Waals surface area (Å²) in [7, 11) is 0. The Labute approximate surface area is 126 Å². The topological polar surface area (TPSA) is 69.7 Å². The molecule has 0 saturated heterocycles. The zero-order valence-electron chi connectivity index (χ0n) is 11.8. The third-order valence-electron chi connectivity index (χ3n) is 3.37. The summed E-state index contributed by atoms with van der Waals surface area (Å²) < 4.78 is 9.76. The molecule has 0 aliphatic heterocycles. The largest absolute Gasteiger partial charge is 0.513 e.